The third kappa shape index (κ3) is 7.36. The molecule has 10 heteroatoms. The quantitative estimate of drug-likeness (QED) is 0.284. The summed E-state index contributed by atoms with van der Waals surface area (Å²) in [7, 11) is -4.14. The maximum atomic E-state index is 14.0. The molecule has 0 bridgehead atoms. The maximum Gasteiger partial charge on any atom is 0.264 e. The topological polar surface area (TPSA) is 86.8 Å². The number of rotatable bonds is 11. The number of benzene rings is 3. The summed E-state index contributed by atoms with van der Waals surface area (Å²) in [6, 6.07) is 17.6. The summed E-state index contributed by atoms with van der Waals surface area (Å²) in [5, 5.41) is 3.40. The fourth-order valence-corrected chi connectivity index (χ4v) is 6.08. The first-order chi connectivity index (χ1) is 18.9. The second kappa shape index (κ2) is 13.5. The van der Waals surface area contributed by atoms with Crippen molar-refractivity contribution < 1.29 is 18.0 Å². The van der Waals surface area contributed by atoms with E-state index in [-0.39, 0.29) is 23.3 Å². The largest absolute Gasteiger partial charge is 0.355 e. The highest BCUT2D eigenvalue weighted by Crippen LogP contribution is 2.29. The Morgan fingerprint density at radius 3 is 2.00 bits per heavy atom. The molecule has 3 aromatic carbocycles. The number of sulfonamides is 1. The first-order valence-corrected chi connectivity index (χ1v) is 15.3. The van der Waals surface area contributed by atoms with Crippen LogP contribution in [0.4, 0.5) is 5.69 Å². The van der Waals surface area contributed by atoms with Crippen molar-refractivity contribution >= 4 is 50.7 Å². The second-order valence-corrected chi connectivity index (χ2v) is 12.5. The van der Waals surface area contributed by atoms with Gasteiger partial charge in [-0.2, -0.15) is 0 Å². The fraction of sp³-hybridized carbons (Fsp3) is 0.333. The molecule has 0 aromatic heterocycles. The lowest BCUT2D eigenvalue weighted by atomic mass is 10.0. The highest BCUT2D eigenvalue weighted by atomic mass is 35.5. The summed E-state index contributed by atoms with van der Waals surface area (Å²) in [4.78, 5) is 28.2. The lowest BCUT2D eigenvalue weighted by molar-refractivity contribution is -0.139. The van der Waals surface area contributed by atoms with Crippen LogP contribution < -0.4 is 9.62 Å². The van der Waals surface area contributed by atoms with Gasteiger partial charge in [0.25, 0.3) is 10.0 Å². The summed E-state index contributed by atoms with van der Waals surface area (Å²) in [6.45, 7) is 9.06. The Bertz CT molecular complexity index is 1420. The highest BCUT2D eigenvalue weighted by Gasteiger charge is 2.33. The standard InChI is InChI=1S/C30H35Cl2N3O4S/c1-6-33-30(37)22(5)34(18-26-27(31)8-7-9-28(26)32)29(36)19-35(24-14-12-23(13-15-24)20(2)3)40(38,39)25-16-10-21(4)11-17-25/h7-17,20,22H,6,18-19H2,1-5H3,(H,33,37)/t22-/m0/s1. The van der Waals surface area contributed by atoms with Crippen LogP contribution >= 0.6 is 23.2 Å². The van der Waals surface area contributed by atoms with Crippen molar-refractivity contribution in [3.05, 3.63) is 93.5 Å². The van der Waals surface area contributed by atoms with Gasteiger partial charge in [-0.05, 0) is 68.7 Å². The van der Waals surface area contributed by atoms with Gasteiger partial charge in [-0.15, -0.1) is 0 Å². The molecule has 3 aromatic rings. The minimum Gasteiger partial charge on any atom is -0.355 e. The van der Waals surface area contributed by atoms with E-state index in [1.54, 1.807) is 56.3 Å². The number of amides is 2. The lowest BCUT2D eigenvalue weighted by Crippen LogP contribution is -2.51. The Hall–Kier alpha value is -3.07. The van der Waals surface area contributed by atoms with Crippen molar-refractivity contribution in [1.29, 1.82) is 0 Å². The van der Waals surface area contributed by atoms with E-state index in [2.05, 4.69) is 5.32 Å². The van der Waals surface area contributed by atoms with E-state index in [0.717, 1.165) is 15.4 Å². The number of likely N-dealkylation sites (N-methyl/N-ethyl adjacent to an activating group) is 1. The zero-order valence-electron chi connectivity index (χ0n) is 23.3. The van der Waals surface area contributed by atoms with Crippen molar-refractivity contribution in [2.45, 2.75) is 58.0 Å². The summed E-state index contributed by atoms with van der Waals surface area (Å²) in [6.07, 6.45) is 0. The first kappa shape index (κ1) is 31.5. The summed E-state index contributed by atoms with van der Waals surface area (Å²) in [5.41, 5.74) is 2.73. The number of nitrogens with one attached hydrogen (secondary N) is 1. The summed E-state index contributed by atoms with van der Waals surface area (Å²) in [5.74, 6) is -0.724. The molecule has 3 rings (SSSR count). The van der Waals surface area contributed by atoms with Gasteiger partial charge in [-0.3, -0.25) is 13.9 Å². The molecule has 0 saturated heterocycles. The fourth-order valence-electron chi connectivity index (χ4n) is 4.15. The van der Waals surface area contributed by atoms with E-state index in [9.17, 15) is 18.0 Å². The second-order valence-electron chi connectivity index (χ2n) is 9.86. The molecule has 0 radical (unpaired) electrons. The lowest BCUT2D eigenvalue weighted by Gasteiger charge is -2.32. The number of aryl methyl sites for hydroxylation is 1. The van der Waals surface area contributed by atoms with E-state index in [0.29, 0.717) is 27.8 Å². The predicted molar refractivity (Wildman–Crippen MR) is 161 cm³/mol. The molecule has 0 aliphatic rings. The zero-order valence-corrected chi connectivity index (χ0v) is 25.6. The molecule has 0 fully saturated rings. The van der Waals surface area contributed by atoms with Crippen LogP contribution in [0.25, 0.3) is 0 Å². The Kier molecular flexibility index (Phi) is 10.6. The SMILES string of the molecule is CCNC(=O)[C@H](C)N(Cc1c(Cl)cccc1Cl)C(=O)CN(c1ccc(C(C)C)cc1)S(=O)(=O)c1ccc(C)cc1. The molecule has 40 heavy (non-hydrogen) atoms. The number of carbonyl (C=O) groups is 2. The zero-order chi connectivity index (χ0) is 29.6. The Balaban J connectivity index is 2.08. The van der Waals surface area contributed by atoms with Crippen molar-refractivity contribution in [2.24, 2.45) is 0 Å². The third-order valence-corrected chi connectivity index (χ3v) is 9.14. The molecule has 0 aliphatic carbocycles. The molecule has 2 amide bonds. The minimum atomic E-state index is -4.14. The smallest absolute Gasteiger partial charge is 0.264 e. The number of carbonyl (C=O) groups excluding carboxylic acids is 2. The van der Waals surface area contributed by atoms with Crippen LogP contribution in [0.1, 0.15) is 50.3 Å². The predicted octanol–water partition coefficient (Wildman–Crippen LogP) is 6.17. The molecule has 0 heterocycles. The van der Waals surface area contributed by atoms with E-state index in [4.69, 9.17) is 23.2 Å². The van der Waals surface area contributed by atoms with E-state index in [1.807, 2.05) is 32.9 Å². The van der Waals surface area contributed by atoms with Gasteiger partial charge < -0.3 is 10.2 Å². The molecule has 1 N–H and O–H groups in total. The number of halogens is 2. The van der Waals surface area contributed by atoms with Crippen LogP contribution in [0.2, 0.25) is 10.0 Å². The van der Waals surface area contributed by atoms with Crippen LogP contribution in [-0.4, -0.2) is 44.3 Å². The number of anilines is 1. The van der Waals surface area contributed by atoms with Gasteiger partial charge >= 0.3 is 0 Å². The van der Waals surface area contributed by atoms with Crippen LogP contribution in [-0.2, 0) is 26.2 Å². The highest BCUT2D eigenvalue weighted by molar-refractivity contribution is 7.92. The van der Waals surface area contributed by atoms with Gasteiger partial charge in [0.2, 0.25) is 11.8 Å². The van der Waals surface area contributed by atoms with Gasteiger partial charge in [0.1, 0.15) is 12.6 Å². The monoisotopic (exact) mass is 603 g/mol. The Labute approximate surface area is 247 Å². The molecular formula is C30H35Cl2N3O4S. The van der Waals surface area contributed by atoms with Gasteiger partial charge in [-0.25, -0.2) is 8.42 Å². The molecule has 0 saturated carbocycles. The molecule has 1 atom stereocenters. The van der Waals surface area contributed by atoms with Crippen molar-refractivity contribution in [1.82, 2.24) is 10.2 Å². The molecule has 0 spiro atoms. The molecular weight excluding hydrogens is 569 g/mol. The van der Waals surface area contributed by atoms with Gasteiger partial charge in [0.05, 0.1) is 10.6 Å². The van der Waals surface area contributed by atoms with Crippen LogP contribution in [0.15, 0.2) is 71.6 Å². The van der Waals surface area contributed by atoms with Crippen molar-refractivity contribution in [3.63, 3.8) is 0 Å². The maximum absolute atomic E-state index is 14.0. The van der Waals surface area contributed by atoms with Crippen LogP contribution in [0, 0.1) is 6.92 Å². The summed E-state index contributed by atoms with van der Waals surface area (Å²) >= 11 is 12.8. The van der Waals surface area contributed by atoms with Crippen molar-refractivity contribution in [2.75, 3.05) is 17.4 Å². The average Bonchev–Trinajstić information content (AvgIpc) is 2.91. The Morgan fingerprint density at radius 1 is 0.900 bits per heavy atom. The van der Waals surface area contributed by atoms with E-state index < -0.39 is 28.5 Å². The van der Waals surface area contributed by atoms with Gasteiger partial charge in [0.15, 0.2) is 0 Å². The third-order valence-electron chi connectivity index (χ3n) is 6.64. The van der Waals surface area contributed by atoms with E-state index in [1.165, 1.54) is 17.0 Å². The first-order valence-electron chi connectivity index (χ1n) is 13.1. The van der Waals surface area contributed by atoms with Crippen LogP contribution in [0.3, 0.4) is 0 Å². The average molecular weight is 605 g/mol. The van der Waals surface area contributed by atoms with Crippen molar-refractivity contribution in [3.8, 4) is 0 Å². The normalized spacial score (nSPS) is 12.2. The minimum absolute atomic E-state index is 0.0521. The molecule has 0 aliphatic heterocycles. The van der Waals surface area contributed by atoms with Crippen LogP contribution in [0.5, 0.6) is 0 Å². The molecule has 7 nitrogen and oxygen atoms in total. The van der Waals surface area contributed by atoms with E-state index >= 15 is 0 Å². The summed E-state index contributed by atoms with van der Waals surface area (Å²) < 4.78 is 28.9. The molecule has 0 unspecified atom stereocenters. The Morgan fingerprint density at radius 2 is 1.48 bits per heavy atom. The van der Waals surface area contributed by atoms with Gasteiger partial charge in [0, 0.05) is 28.7 Å². The number of hydrogen-bond acceptors (Lipinski definition) is 4. The number of nitrogens with zero attached hydrogens (tertiary/aromatic N) is 2. The van der Waals surface area contributed by atoms with Gasteiger partial charge in [-0.1, -0.05) is 72.9 Å². The number of hydrogen-bond donors (Lipinski definition) is 1. The molecule has 214 valence electrons.